The van der Waals surface area contributed by atoms with E-state index in [0.717, 1.165) is 17.1 Å². The molecule has 1 nitrogen and oxygen atoms in total. The SMILES string of the molecule is Fc1ccc(OCC2CSc3ccccc32)c(CBr)c1. The van der Waals surface area contributed by atoms with Crippen LogP contribution in [0.4, 0.5) is 4.39 Å². The summed E-state index contributed by atoms with van der Waals surface area (Å²) in [4.78, 5) is 1.35. The molecule has 0 aliphatic carbocycles. The Kier molecular flexibility index (Phi) is 4.32. The normalized spacial score (nSPS) is 17.0. The molecule has 1 aliphatic heterocycles. The van der Waals surface area contributed by atoms with Crippen LogP contribution in [0.15, 0.2) is 47.4 Å². The van der Waals surface area contributed by atoms with E-state index < -0.39 is 0 Å². The molecule has 0 saturated carbocycles. The zero-order chi connectivity index (χ0) is 13.9. The maximum Gasteiger partial charge on any atom is 0.123 e. The Morgan fingerprint density at radius 3 is 2.95 bits per heavy atom. The first-order valence-corrected chi connectivity index (χ1v) is 8.57. The van der Waals surface area contributed by atoms with Crippen molar-refractivity contribution in [1.29, 1.82) is 0 Å². The van der Waals surface area contributed by atoms with Crippen molar-refractivity contribution < 1.29 is 9.13 Å². The lowest BCUT2D eigenvalue weighted by molar-refractivity contribution is 0.295. The quantitative estimate of drug-likeness (QED) is 0.717. The van der Waals surface area contributed by atoms with Crippen molar-refractivity contribution in [2.24, 2.45) is 0 Å². The highest BCUT2D eigenvalue weighted by Crippen LogP contribution is 2.39. The van der Waals surface area contributed by atoms with E-state index in [1.165, 1.54) is 22.6 Å². The number of hydrogen-bond acceptors (Lipinski definition) is 2. The van der Waals surface area contributed by atoms with E-state index in [1.54, 1.807) is 6.07 Å². The predicted molar refractivity (Wildman–Crippen MR) is 84.4 cm³/mol. The summed E-state index contributed by atoms with van der Waals surface area (Å²) in [6, 6.07) is 13.1. The molecule has 1 unspecified atom stereocenters. The fourth-order valence-corrected chi connectivity index (χ4v) is 4.02. The molecule has 3 rings (SSSR count). The van der Waals surface area contributed by atoms with Gasteiger partial charge in [0.2, 0.25) is 0 Å². The van der Waals surface area contributed by atoms with Gasteiger partial charge in [-0.15, -0.1) is 11.8 Å². The second kappa shape index (κ2) is 6.19. The number of benzene rings is 2. The number of halogens is 2. The van der Waals surface area contributed by atoms with Gasteiger partial charge < -0.3 is 4.74 Å². The molecule has 0 N–H and O–H groups in total. The van der Waals surface area contributed by atoms with Crippen LogP contribution < -0.4 is 4.74 Å². The summed E-state index contributed by atoms with van der Waals surface area (Å²) < 4.78 is 19.1. The Balaban J connectivity index is 1.72. The Morgan fingerprint density at radius 2 is 2.10 bits per heavy atom. The van der Waals surface area contributed by atoms with Crippen LogP contribution in [0.5, 0.6) is 5.75 Å². The molecule has 0 amide bonds. The van der Waals surface area contributed by atoms with E-state index in [1.807, 2.05) is 11.8 Å². The molecule has 0 fully saturated rings. The summed E-state index contributed by atoms with van der Waals surface area (Å²) in [5.74, 6) is 1.99. The van der Waals surface area contributed by atoms with Gasteiger partial charge in [0.25, 0.3) is 0 Å². The molecule has 2 aromatic rings. The zero-order valence-corrected chi connectivity index (χ0v) is 13.2. The highest BCUT2D eigenvalue weighted by atomic mass is 79.9. The Bertz CT molecular complexity index is 617. The van der Waals surface area contributed by atoms with E-state index in [9.17, 15) is 4.39 Å². The lowest BCUT2D eigenvalue weighted by Gasteiger charge is -2.14. The van der Waals surface area contributed by atoms with Crippen molar-refractivity contribution in [2.45, 2.75) is 16.1 Å². The molecule has 1 atom stereocenters. The van der Waals surface area contributed by atoms with Gasteiger partial charge in [-0.05, 0) is 29.8 Å². The number of rotatable bonds is 4. The maximum atomic E-state index is 13.2. The summed E-state index contributed by atoms with van der Waals surface area (Å²) in [7, 11) is 0. The van der Waals surface area contributed by atoms with Crippen LogP contribution in [0, 0.1) is 5.82 Å². The van der Waals surface area contributed by atoms with E-state index in [4.69, 9.17) is 4.74 Å². The standard InChI is InChI=1S/C16H14BrFOS/c17-8-11-7-13(18)5-6-15(11)19-9-12-10-20-16-4-2-1-3-14(12)16/h1-7,12H,8-10H2. The highest BCUT2D eigenvalue weighted by Gasteiger charge is 2.23. The maximum absolute atomic E-state index is 13.2. The monoisotopic (exact) mass is 352 g/mol. The van der Waals surface area contributed by atoms with Gasteiger partial charge in [-0.25, -0.2) is 4.39 Å². The lowest BCUT2D eigenvalue weighted by atomic mass is 10.0. The summed E-state index contributed by atoms with van der Waals surface area (Å²) in [5, 5.41) is 0.593. The van der Waals surface area contributed by atoms with Crippen LogP contribution in [0.25, 0.3) is 0 Å². The van der Waals surface area contributed by atoms with E-state index in [0.29, 0.717) is 17.9 Å². The summed E-state index contributed by atoms with van der Waals surface area (Å²) in [6.07, 6.45) is 0. The second-order valence-corrected chi connectivity index (χ2v) is 6.37. The van der Waals surface area contributed by atoms with Crippen LogP contribution in [0.3, 0.4) is 0 Å². The third kappa shape index (κ3) is 2.86. The Hall–Kier alpha value is -1.00. The molecule has 0 radical (unpaired) electrons. The minimum absolute atomic E-state index is 0.228. The molecule has 4 heteroatoms. The van der Waals surface area contributed by atoms with Crippen molar-refractivity contribution in [1.82, 2.24) is 0 Å². The van der Waals surface area contributed by atoms with Crippen molar-refractivity contribution in [2.75, 3.05) is 12.4 Å². The average Bonchev–Trinajstić information content (AvgIpc) is 2.89. The molecule has 20 heavy (non-hydrogen) atoms. The minimum atomic E-state index is -0.228. The Morgan fingerprint density at radius 1 is 1.25 bits per heavy atom. The largest absolute Gasteiger partial charge is 0.493 e. The average molecular weight is 353 g/mol. The van der Waals surface area contributed by atoms with Gasteiger partial charge in [-0.3, -0.25) is 0 Å². The fourth-order valence-electron chi connectivity index (χ4n) is 2.35. The number of ether oxygens (including phenoxy) is 1. The third-order valence-corrected chi connectivity index (χ3v) is 5.26. The van der Waals surface area contributed by atoms with Crippen LogP contribution in [0.1, 0.15) is 17.0 Å². The molecule has 0 aromatic heterocycles. The van der Waals surface area contributed by atoms with Crippen LogP contribution >= 0.6 is 27.7 Å². The number of thioether (sulfide) groups is 1. The zero-order valence-electron chi connectivity index (χ0n) is 10.8. The molecule has 1 heterocycles. The molecule has 0 bridgehead atoms. The highest BCUT2D eigenvalue weighted by molar-refractivity contribution is 9.08. The van der Waals surface area contributed by atoms with Gasteiger partial charge in [-0.1, -0.05) is 34.1 Å². The predicted octanol–water partition coefficient (Wildman–Crippen LogP) is 4.99. The molecule has 0 spiro atoms. The van der Waals surface area contributed by atoms with Crippen LogP contribution in [0.2, 0.25) is 0 Å². The van der Waals surface area contributed by atoms with Crippen LogP contribution in [-0.2, 0) is 5.33 Å². The minimum Gasteiger partial charge on any atom is -0.493 e. The van der Waals surface area contributed by atoms with E-state index >= 15 is 0 Å². The van der Waals surface area contributed by atoms with Crippen molar-refractivity contribution >= 4 is 27.7 Å². The molecule has 1 aliphatic rings. The molecule has 2 aromatic carbocycles. The van der Waals surface area contributed by atoms with Gasteiger partial charge in [0, 0.05) is 27.5 Å². The summed E-state index contributed by atoms with van der Waals surface area (Å²) in [6.45, 7) is 0.635. The van der Waals surface area contributed by atoms with E-state index in [-0.39, 0.29) is 5.82 Å². The first-order valence-electron chi connectivity index (χ1n) is 6.47. The lowest BCUT2D eigenvalue weighted by Crippen LogP contribution is -2.10. The van der Waals surface area contributed by atoms with E-state index in [2.05, 4.69) is 40.2 Å². The van der Waals surface area contributed by atoms with Gasteiger partial charge in [0.1, 0.15) is 11.6 Å². The topological polar surface area (TPSA) is 9.23 Å². The van der Waals surface area contributed by atoms with Crippen molar-refractivity contribution in [3.8, 4) is 5.75 Å². The van der Waals surface area contributed by atoms with Gasteiger partial charge in [0.15, 0.2) is 0 Å². The third-order valence-electron chi connectivity index (χ3n) is 3.41. The molecule has 104 valence electrons. The summed E-state index contributed by atoms with van der Waals surface area (Å²) in [5.41, 5.74) is 2.21. The van der Waals surface area contributed by atoms with Crippen molar-refractivity contribution in [3.05, 3.63) is 59.4 Å². The fraction of sp³-hybridized carbons (Fsp3) is 0.250. The first kappa shape index (κ1) is 14.0. The van der Waals surface area contributed by atoms with Gasteiger partial charge >= 0.3 is 0 Å². The second-order valence-electron chi connectivity index (χ2n) is 4.74. The smallest absolute Gasteiger partial charge is 0.123 e. The number of fused-ring (bicyclic) bond motifs is 1. The van der Waals surface area contributed by atoms with Crippen molar-refractivity contribution in [3.63, 3.8) is 0 Å². The Labute approximate surface area is 130 Å². The molecular weight excluding hydrogens is 339 g/mol. The first-order chi connectivity index (χ1) is 9.78. The number of alkyl halides is 1. The van der Waals surface area contributed by atoms with Gasteiger partial charge in [0.05, 0.1) is 6.61 Å². The molecular formula is C16H14BrFOS. The van der Waals surface area contributed by atoms with Gasteiger partial charge in [-0.2, -0.15) is 0 Å². The van der Waals surface area contributed by atoms with Crippen LogP contribution in [-0.4, -0.2) is 12.4 Å². The summed E-state index contributed by atoms with van der Waals surface area (Å²) >= 11 is 5.25. The molecule has 0 saturated heterocycles. The number of hydrogen-bond donors (Lipinski definition) is 0.